The number of anilines is 2. The molecule has 2 rings (SSSR count). The largest absolute Gasteiger partial charge is 0.497 e. The summed E-state index contributed by atoms with van der Waals surface area (Å²) in [5, 5.41) is 0. The van der Waals surface area contributed by atoms with Gasteiger partial charge in [-0.1, -0.05) is 0 Å². The van der Waals surface area contributed by atoms with E-state index in [1.54, 1.807) is 7.11 Å². The first-order chi connectivity index (χ1) is 7.72. The third-order valence-electron chi connectivity index (χ3n) is 2.97. The minimum Gasteiger partial charge on any atom is -0.497 e. The zero-order valence-corrected chi connectivity index (χ0v) is 11.1. The molecule has 0 aliphatic carbocycles. The third kappa shape index (κ3) is 2.26. The van der Waals surface area contributed by atoms with Crippen molar-refractivity contribution in [2.24, 2.45) is 0 Å². The Labute approximate surface area is 105 Å². The molecule has 0 unspecified atom stereocenters. The van der Waals surface area contributed by atoms with Gasteiger partial charge in [-0.25, -0.2) is 0 Å². The van der Waals surface area contributed by atoms with Gasteiger partial charge >= 0.3 is 0 Å². The average Bonchev–Trinajstić information content (AvgIpc) is 2.29. The predicted octanol–water partition coefficient (Wildman–Crippen LogP) is 3.03. The maximum absolute atomic E-state index is 6.08. The second-order valence-electron chi connectivity index (χ2n) is 4.09. The number of ether oxygens (including phenoxy) is 1. The summed E-state index contributed by atoms with van der Waals surface area (Å²) in [6.45, 7) is 2.18. The average molecular weight is 285 g/mol. The first kappa shape index (κ1) is 11.6. The van der Waals surface area contributed by atoms with Crippen LogP contribution in [-0.4, -0.2) is 20.2 Å². The highest BCUT2D eigenvalue weighted by Gasteiger charge is 2.17. The number of halogens is 1. The van der Waals surface area contributed by atoms with Gasteiger partial charge in [0.15, 0.2) is 0 Å². The molecule has 1 heterocycles. The standard InChI is InChI=1S/C12H17BrN2O/c1-16-9-7-10(13)12(11(14)8-9)15-5-3-2-4-6-15/h7-8H,2-6,14H2,1H3. The minimum absolute atomic E-state index is 0.785. The smallest absolute Gasteiger partial charge is 0.122 e. The Morgan fingerprint density at radius 2 is 1.94 bits per heavy atom. The molecule has 88 valence electrons. The van der Waals surface area contributed by atoms with Crippen LogP contribution in [0.25, 0.3) is 0 Å². The van der Waals surface area contributed by atoms with Gasteiger partial charge in [0.1, 0.15) is 5.75 Å². The molecular formula is C12H17BrN2O. The van der Waals surface area contributed by atoms with Crippen LogP contribution in [0.1, 0.15) is 19.3 Å². The summed E-state index contributed by atoms with van der Waals surface area (Å²) in [4.78, 5) is 2.35. The fourth-order valence-electron chi connectivity index (χ4n) is 2.16. The Kier molecular flexibility index (Phi) is 3.59. The molecule has 0 aromatic heterocycles. The summed E-state index contributed by atoms with van der Waals surface area (Å²) in [6, 6.07) is 3.86. The van der Waals surface area contributed by atoms with Crippen molar-refractivity contribution in [3.63, 3.8) is 0 Å². The van der Waals surface area contributed by atoms with Gasteiger partial charge in [-0.15, -0.1) is 0 Å². The van der Waals surface area contributed by atoms with Gasteiger partial charge in [0, 0.05) is 23.6 Å². The van der Waals surface area contributed by atoms with Crippen LogP contribution in [0.5, 0.6) is 5.75 Å². The molecular weight excluding hydrogens is 268 g/mol. The van der Waals surface area contributed by atoms with Crippen LogP contribution in [0.4, 0.5) is 11.4 Å². The fourth-order valence-corrected chi connectivity index (χ4v) is 2.87. The monoisotopic (exact) mass is 284 g/mol. The number of nitrogens with two attached hydrogens (primary N) is 1. The van der Waals surface area contributed by atoms with Crippen molar-refractivity contribution in [3.05, 3.63) is 16.6 Å². The Hall–Kier alpha value is -0.900. The molecule has 1 saturated heterocycles. The quantitative estimate of drug-likeness (QED) is 0.849. The molecule has 0 spiro atoms. The van der Waals surface area contributed by atoms with Crippen molar-refractivity contribution in [1.29, 1.82) is 0 Å². The van der Waals surface area contributed by atoms with E-state index in [1.807, 2.05) is 12.1 Å². The highest BCUT2D eigenvalue weighted by molar-refractivity contribution is 9.10. The molecule has 1 aromatic rings. The Morgan fingerprint density at radius 3 is 2.50 bits per heavy atom. The maximum Gasteiger partial charge on any atom is 0.122 e. The molecule has 1 fully saturated rings. The summed E-state index contributed by atoms with van der Waals surface area (Å²) >= 11 is 3.57. The van der Waals surface area contributed by atoms with Crippen molar-refractivity contribution in [2.45, 2.75) is 19.3 Å². The van der Waals surface area contributed by atoms with Crippen molar-refractivity contribution in [1.82, 2.24) is 0 Å². The molecule has 16 heavy (non-hydrogen) atoms. The van der Waals surface area contributed by atoms with Crippen LogP contribution in [0.2, 0.25) is 0 Å². The molecule has 4 heteroatoms. The van der Waals surface area contributed by atoms with Crippen molar-refractivity contribution < 1.29 is 4.74 Å². The molecule has 3 nitrogen and oxygen atoms in total. The van der Waals surface area contributed by atoms with Crippen molar-refractivity contribution >= 4 is 27.3 Å². The van der Waals surface area contributed by atoms with E-state index in [2.05, 4.69) is 20.8 Å². The number of benzene rings is 1. The number of piperidine rings is 1. The molecule has 1 aliphatic heterocycles. The van der Waals surface area contributed by atoms with E-state index in [-0.39, 0.29) is 0 Å². The highest BCUT2D eigenvalue weighted by Crippen LogP contribution is 2.37. The molecule has 0 radical (unpaired) electrons. The molecule has 1 aromatic carbocycles. The fraction of sp³-hybridized carbons (Fsp3) is 0.500. The Balaban J connectivity index is 2.32. The van der Waals surface area contributed by atoms with Gasteiger partial charge in [-0.05, 0) is 41.3 Å². The lowest BCUT2D eigenvalue weighted by atomic mass is 10.1. The number of nitrogens with zero attached hydrogens (tertiary/aromatic N) is 1. The highest BCUT2D eigenvalue weighted by atomic mass is 79.9. The number of nitrogen functional groups attached to an aromatic ring is 1. The normalized spacial score (nSPS) is 16.2. The third-order valence-corrected chi connectivity index (χ3v) is 3.58. The van der Waals surface area contributed by atoms with E-state index in [0.717, 1.165) is 34.7 Å². The summed E-state index contributed by atoms with van der Waals surface area (Å²) in [6.07, 6.45) is 3.82. The Morgan fingerprint density at radius 1 is 1.25 bits per heavy atom. The van der Waals surface area contributed by atoms with Gasteiger partial charge in [0.25, 0.3) is 0 Å². The Bertz CT molecular complexity index is 352. The van der Waals surface area contributed by atoms with Crippen LogP contribution in [0.3, 0.4) is 0 Å². The number of hydrogen-bond acceptors (Lipinski definition) is 3. The van der Waals surface area contributed by atoms with E-state index in [1.165, 1.54) is 19.3 Å². The lowest BCUT2D eigenvalue weighted by Crippen LogP contribution is -2.30. The molecule has 0 atom stereocenters. The summed E-state index contributed by atoms with van der Waals surface area (Å²) < 4.78 is 6.21. The molecule has 0 saturated carbocycles. The summed E-state index contributed by atoms with van der Waals surface area (Å²) in [7, 11) is 1.65. The molecule has 0 bridgehead atoms. The topological polar surface area (TPSA) is 38.5 Å². The summed E-state index contributed by atoms with van der Waals surface area (Å²) in [5.74, 6) is 0.796. The van der Waals surface area contributed by atoms with Crippen LogP contribution < -0.4 is 15.4 Å². The summed E-state index contributed by atoms with van der Waals surface area (Å²) in [5.41, 5.74) is 7.97. The second-order valence-corrected chi connectivity index (χ2v) is 4.95. The minimum atomic E-state index is 0.785. The number of hydrogen-bond donors (Lipinski definition) is 1. The SMILES string of the molecule is COc1cc(N)c(N2CCCCC2)c(Br)c1. The number of methoxy groups -OCH3 is 1. The molecule has 2 N–H and O–H groups in total. The maximum atomic E-state index is 6.08. The zero-order valence-electron chi connectivity index (χ0n) is 9.50. The van der Waals surface area contributed by atoms with Gasteiger partial charge in [-0.2, -0.15) is 0 Å². The predicted molar refractivity (Wildman–Crippen MR) is 71.2 cm³/mol. The second kappa shape index (κ2) is 4.95. The van der Waals surface area contributed by atoms with Crippen LogP contribution in [0, 0.1) is 0 Å². The first-order valence-electron chi connectivity index (χ1n) is 5.60. The van der Waals surface area contributed by atoms with E-state index in [0.29, 0.717) is 0 Å². The van der Waals surface area contributed by atoms with E-state index >= 15 is 0 Å². The lowest BCUT2D eigenvalue weighted by Gasteiger charge is -2.30. The van der Waals surface area contributed by atoms with Crippen LogP contribution in [0.15, 0.2) is 16.6 Å². The van der Waals surface area contributed by atoms with E-state index in [4.69, 9.17) is 10.5 Å². The van der Waals surface area contributed by atoms with Gasteiger partial charge in [0.2, 0.25) is 0 Å². The van der Waals surface area contributed by atoms with Crippen LogP contribution >= 0.6 is 15.9 Å². The molecule has 0 amide bonds. The lowest BCUT2D eigenvalue weighted by molar-refractivity contribution is 0.414. The van der Waals surface area contributed by atoms with Gasteiger partial charge < -0.3 is 15.4 Å². The molecule has 1 aliphatic rings. The van der Waals surface area contributed by atoms with E-state index in [9.17, 15) is 0 Å². The van der Waals surface area contributed by atoms with Gasteiger partial charge in [0.05, 0.1) is 18.5 Å². The van der Waals surface area contributed by atoms with Crippen molar-refractivity contribution in [3.8, 4) is 5.75 Å². The first-order valence-corrected chi connectivity index (χ1v) is 6.39. The van der Waals surface area contributed by atoms with Gasteiger partial charge in [-0.3, -0.25) is 0 Å². The number of rotatable bonds is 2. The zero-order chi connectivity index (χ0) is 11.5. The van der Waals surface area contributed by atoms with E-state index < -0.39 is 0 Å². The van der Waals surface area contributed by atoms with Crippen molar-refractivity contribution in [2.75, 3.05) is 30.8 Å². The van der Waals surface area contributed by atoms with Crippen LogP contribution in [-0.2, 0) is 0 Å².